The number of carbonyl (C=O) groups excluding carboxylic acids is 2. The molecule has 2 heterocycles. The van der Waals surface area contributed by atoms with Gasteiger partial charge in [0.2, 0.25) is 5.91 Å². The quantitative estimate of drug-likeness (QED) is 0.833. The number of amides is 2. The topological polar surface area (TPSA) is 58.6 Å². The second-order valence-corrected chi connectivity index (χ2v) is 8.78. The second kappa shape index (κ2) is 7.66. The molecule has 6 heteroatoms. The number of fused-ring (bicyclic) bond motifs is 1. The summed E-state index contributed by atoms with van der Waals surface area (Å²) in [6.07, 6.45) is 1.89. The SMILES string of the molecule is CC(C)(C)OC(=O)N1CCC(CC(=O)Nc2ccc3sccc3c2)CC1. The van der Waals surface area contributed by atoms with Crippen molar-refractivity contribution in [1.82, 2.24) is 4.90 Å². The number of hydrogen-bond acceptors (Lipinski definition) is 4. The highest BCUT2D eigenvalue weighted by Gasteiger charge is 2.27. The lowest BCUT2D eigenvalue weighted by atomic mass is 9.93. The van der Waals surface area contributed by atoms with E-state index in [1.165, 1.54) is 4.70 Å². The molecule has 0 radical (unpaired) electrons. The van der Waals surface area contributed by atoms with Crippen molar-refractivity contribution < 1.29 is 14.3 Å². The van der Waals surface area contributed by atoms with E-state index in [1.807, 2.05) is 39.0 Å². The molecule has 1 aliphatic rings. The Balaban J connectivity index is 1.46. The molecule has 0 aliphatic carbocycles. The molecule has 1 N–H and O–H groups in total. The number of rotatable bonds is 3. The van der Waals surface area contributed by atoms with Crippen molar-refractivity contribution in [3.8, 4) is 0 Å². The van der Waals surface area contributed by atoms with Crippen LogP contribution in [0.1, 0.15) is 40.0 Å². The third kappa shape index (κ3) is 4.97. The molecular weight excluding hydrogens is 348 g/mol. The molecule has 0 spiro atoms. The van der Waals surface area contributed by atoms with Gasteiger partial charge in [0.25, 0.3) is 0 Å². The minimum absolute atomic E-state index is 0.0373. The fraction of sp³-hybridized carbons (Fsp3) is 0.500. The Bertz CT molecular complexity index is 786. The number of thiophene rings is 1. The van der Waals surface area contributed by atoms with Gasteiger partial charge in [0.15, 0.2) is 0 Å². The fourth-order valence-corrected chi connectivity index (χ4v) is 3.94. The van der Waals surface area contributed by atoms with E-state index >= 15 is 0 Å². The Hall–Kier alpha value is -2.08. The Kier molecular flexibility index (Phi) is 5.51. The van der Waals surface area contributed by atoms with E-state index in [2.05, 4.69) is 16.8 Å². The molecule has 3 rings (SSSR count). The van der Waals surface area contributed by atoms with Gasteiger partial charge in [-0.25, -0.2) is 4.79 Å². The monoisotopic (exact) mass is 374 g/mol. The predicted octanol–water partition coefficient (Wildman–Crippen LogP) is 4.88. The van der Waals surface area contributed by atoms with Crippen LogP contribution in [-0.4, -0.2) is 35.6 Å². The van der Waals surface area contributed by atoms with E-state index in [9.17, 15) is 9.59 Å². The van der Waals surface area contributed by atoms with Gasteiger partial charge in [0.1, 0.15) is 5.60 Å². The lowest BCUT2D eigenvalue weighted by molar-refractivity contribution is -0.117. The number of nitrogens with zero attached hydrogens (tertiary/aromatic N) is 1. The first kappa shape index (κ1) is 18.7. The molecule has 0 unspecified atom stereocenters. The summed E-state index contributed by atoms with van der Waals surface area (Å²) in [6, 6.07) is 8.05. The number of ether oxygens (including phenoxy) is 1. The van der Waals surface area contributed by atoms with Gasteiger partial charge >= 0.3 is 6.09 Å². The van der Waals surface area contributed by atoms with Crippen molar-refractivity contribution in [3.63, 3.8) is 0 Å². The van der Waals surface area contributed by atoms with Crippen LogP contribution < -0.4 is 5.32 Å². The van der Waals surface area contributed by atoms with Gasteiger partial charge < -0.3 is 15.0 Å². The zero-order chi connectivity index (χ0) is 18.7. The molecule has 1 aromatic carbocycles. The zero-order valence-electron chi connectivity index (χ0n) is 15.6. The minimum atomic E-state index is -0.475. The molecule has 2 aromatic rings. The number of nitrogens with one attached hydrogen (secondary N) is 1. The predicted molar refractivity (Wildman–Crippen MR) is 106 cm³/mol. The van der Waals surface area contributed by atoms with Crippen LogP contribution in [0, 0.1) is 5.92 Å². The maximum absolute atomic E-state index is 12.3. The number of benzene rings is 1. The number of likely N-dealkylation sites (tertiary alicyclic amines) is 1. The normalized spacial score (nSPS) is 15.9. The largest absolute Gasteiger partial charge is 0.444 e. The summed E-state index contributed by atoms with van der Waals surface area (Å²) in [5, 5.41) is 6.20. The van der Waals surface area contributed by atoms with Gasteiger partial charge in [0, 0.05) is 29.9 Å². The van der Waals surface area contributed by atoms with Crippen molar-refractivity contribution in [3.05, 3.63) is 29.6 Å². The summed E-state index contributed by atoms with van der Waals surface area (Å²) in [5.41, 5.74) is 0.365. The maximum atomic E-state index is 12.3. The van der Waals surface area contributed by atoms with Crippen LogP contribution in [0.15, 0.2) is 29.6 Å². The van der Waals surface area contributed by atoms with Crippen molar-refractivity contribution in [2.45, 2.75) is 45.6 Å². The summed E-state index contributed by atoms with van der Waals surface area (Å²) < 4.78 is 6.63. The van der Waals surface area contributed by atoms with E-state index in [4.69, 9.17) is 4.74 Å². The van der Waals surface area contributed by atoms with Crippen molar-refractivity contribution in [2.24, 2.45) is 5.92 Å². The average Bonchev–Trinajstić information content (AvgIpc) is 3.01. The highest BCUT2D eigenvalue weighted by molar-refractivity contribution is 7.17. The van der Waals surface area contributed by atoms with E-state index in [0.717, 1.165) is 23.9 Å². The van der Waals surface area contributed by atoms with Crippen LogP contribution in [0.5, 0.6) is 0 Å². The van der Waals surface area contributed by atoms with Gasteiger partial charge in [-0.15, -0.1) is 11.3 Å². The first-order chi connectivity index (χ1) is 12.3. The van der Waals surface area contributed by atoms with Crippen molar-refractivity contribution >= 4 is 39.1 Å². The standard InChI is InChI=1S/C20H26N2O3S/c1-20(2,3)25-19(24)22-9-6-14(7-10-22)12-18(23)21-16-4-5-17-15(13-16)8-11-26-17/h4-5,8,11,13-14H,6-7,9-10,12H2,1-3H3,(H,21,23). The van der Waals surface area contributed by atoms with Gasteiger partial charge in [-0.1, -0.05) is 0 Å². The highest BCUT2D eigenvalue weighted by atomic mass is 32.1. The highest BCUT2D eigenvalue weighted by Crippen LogP contribution is 2.26. The first-order valence-electron chi connectivity index (χ1n) is 9.05. The lowest BCUT2D eigenvalue weighted by Gasteiger charge is -2.33. The van der Waals surface area contributed by atoms with E-state index in [0.29, 0.717) is 25.4 Å². The Morgan fingerprint density at radius 1 is 1.23 bits per heavy atom. The van der Waals surface area contributed by atoms with Crippen LogP contribution in [0.3, 0.4) is 0 Å². The molecule has 1 aromatic heterocycles. The summed E-state index contributed by atoms with van der Waals surface area (Å²) in [4.78, 5) is 26.2. The zero-order valence-corrected chi connectivity index (χ0v) is 16.4. The molecule has 0 atom stereocenters. The lowest BCUT2D eigenvalue weighted by Crippen LogP contribution is -2.42. The van der Waals surface area contributed by atoms with Crippen LogP contribution in [0.25, 0.3) is 10.1 Å². The van der Waals surface area contributed by atoms with Crippen molar-refractivity contribution in [2.75, 3.05) is 18.4 Å². The molecule has 1 fully saturated rings. The molecule has 5 nitrogen and oxygen atoms in total. The van der Waals surface area contributed by atoms with Crippen LogP contribution in [-0.2, 0) is 9.53 Å². The van der Waals surface area contributed by atoms with E-state index in [1.54, 1.807) is 16.2 Å². The molecule has 0 bridgehead atoms. The Morgan fingerprint density at radius 2 is 1.96 bits per heavy atom. The maximum Gasteiger partial charge on any atom is 0.410 e. The molecule has 0 saturated carbocycles. The van der Waals surface area contributed by atoms with E-state index < -0.39 is 5.60 Å². The van der Waals surface area contributed by atoms with E-state index in [-0.39, 0.29) is 12.0 Å². The summed E-state index contributed by atoms with van der Waals surface area (Å²) in [6.45, 7) is 6.90. The Labute approximate surface area is 158 Å². The molecule has 1 saturated heterocycles. The number of carbonyl (C=O) groups is 2. The third-order valence-electron chi connectivity index (χ3n) is 4.48. The van der Waals surface area contributed by atoms with Crippen LogP contribution >= 0.6 is 11.3 Å². The van der Waals surface area contributed by atoms with Gasteiger partial charge in [-0.3, -0.25) is 4.79 Å². The molecule has 2 amide bonds. The first-order valence-corrected chi connectivity index (χ1v) is 9.93. The smallest absolute Gasteiger partial charge is 0.410 e. The summed E-state index contributed by atoms with van der Waals surface area (Å²) in [7, 11) is 0. The van der Waals surface area contributed by atoms with Crippen LogP contribution in [0.4, 0.5) is 10.5 Å². The van der Waals surface area contributed by atoms with Gasteiger partial charge in [-0.05, 0) is 74.6 Å². The molecule has 140 valence electrons. The van der Waals surface area contributed by atoms with Crippen molar-refractivity contribution in [1.29, 1.82) is 0 Å². The third-order valence-corrected chi connectivity index (χ3v) is 5.37. The summed E-state index contributed by atoms with van der Waals surface area (Å²) in [5.74, 6) is 0.342. The number of anilines is 1. The Morgan fingerprint density at radius 3 is 2.65 bits per heavy atom. The average molecular weight is 375 g/mol. The second-order valence-electron chi connectivity index (χ2n) is 7.84. The molecule has 1 aliphatic heterocycles. The van der Waals surface area contributed by atoms with Crippen LogP contribution in [0.2, 0.25) is 0 Å². The van der Waals surface area contributed by atoms with Gasteiger partial charge in [0.05, 0.1) is 0 Å². The molecule has 26 heavy (non-hydrogen) atoms. The fourth-order valence-electron chi connectivity index (χ4n) is 3.16. The summed E-state index contributed by atoms with van der Waals surface area (Å²) >= 11 is 1.69. The number of piperidine rings is 1. The minimum Gasteiger partial charge on any atom is -0.444 e. The molecular formula is C20H26N2O3S. The number of hydrogen-bond donors (Lipinski definition) is 1. The van der Waals surface area contributed by atoms with Gasteiger partial charge in [-0.2, -0.15) is 0 Å².